The Kier molecular flexibility index (Phi) is 7.50. The van der Waals surface area contributed by atoms with Gasteiger partial charge in [-0.2, -0.15) is 0 Å². The minimum atomic E-state index is -0.955. The predicted octanol–water partition coefficient (Wildman–Crippen LogP) is 1.51. The van der Waals surface area contributed by atoms with Gasteiger partial charge in [-0.15, -0.1) is 0 Å². The number of carbonyl (C=O) groups excluding carboxylic acids is 3. The van der Waals surface area contributed by atoms with Crippen LogP contribution in [0, 0.1) is 5.82 Å². The summed E-state index contributed by atoms with van der Waals surface area (Å²) in [4.78, 5) is 35.9. The Balaban J connectivity index is 2.01. The van der Waals surface area contributed by atoms with Crippen molar-refractivity contribution in [3.63, 3.8) is 0 Å². The first-order valence-corrected chi connectivity index (χ1v) is 8.64. The van der Waals surface area contributed by atoms with Gasteiger partial charge in [0.1, 0.15) is 17.6 Å². The predicted molar refractivity (Wildman–Crippen MR) is 101 cm³/mol. The van der Waals surface area contributed by atoms with Crippen molar-refractivity contribution in [2.24, 2.45) is 5.73 Å². The van der Waals surface area contributed by atoms with Gasteiger partial charge in [0, 0.05) is 18.5 Å². The molecule has 0 bridgehead atoms. The van der Waals surface area contributed by atoms with Gasteiger partial charge in [-0.25, -0.2) is 4.39 Å². The number of hydrogen-bond donors (Lipinski definition) is 3. The Bertz CT molecular complexity index is 822. The molecule has 0 saturated carbocycles. The highest BCUT2D eigenvalue weighted by Crippen LogP contribution is 2.11. The van der Waals surface area contributed by atoms with Gasteiger partial charge in [0.05, 0.1) is 7.11 Å². The highest BCUT2D eigenvalue weighted by atomic mass is 19.1. The molecule has 1 atom stereocenters. The van der Waals surface area contributed by atoms with E-state index in [1.165, 1.54) is 12.1 Å². The Morgan fingerprint density at radius 2 is 1.71 bits per heavy atom. The molecule has 0 aliphatic carbocycles. The van der Waals surface area contributed by atoms with Crippen LogP contribution in [-0.2, 0) is 16.1 Å². The van der Waals surface area contributed by atoms with E-state index in [4.69, 9.17) is 10.5 Å². The number of ether oxygens (including phenoxy) is 1. The molecule has 2 rings (SSSR count). The van der Waals surface area contributed by atoms with E-state index in [0.717, 1.165) is 17.7 Å². The van der Waals surface area contributed by atoms with Crippen LogP contribution in [0.3, 0.4) is 0 Å². The third kappa shape index (κ3) is 6.39. The number of nitrogens with two attached hydrogens (primary N) is 1. The summed E-state index contributed by atoms with van der Waals surface area (Å²) in [6.07, 6.45) is -0.0129. The molecule has 0 aliphatic rings. The first-order chi connectivity index (χ1) is 13.4. The lowest BCUT2D eigenvalue weighted by Gasteiger charge is -2.18. The minimum Gasteiger partial charge on any atom is -0.497 e. The van der Waals surface area contributed by atoms with Crippen molar-refractivity contribution in [1.82, 2.24) is 10.6 Å². The van der Waals surface area contributed by atoms with E-state index in [-0.39, 0.29) is 24.9 Å². The number of halogens is 1. The molecule has 28 heavy (non-hydrogen) atoms. The zero-order valence-corrected chi connectivity index (χ0v) is 15.4. The highest BCUT2D eigenvalue weighted by molar-refractivity contribution is 5.97. The van der Waals surface area contributed by atoms with Crippen molar-refractivity contribution in [2.45, 2.75) is 25.4 Å². The maximum Gasteiger partial charge on any atom is 0.251 e. The molecule has 0 fully saturated rings. The molecule has 0 heterocycles. The van der Waals surface area contributed by atoms with E-state index in [9.17, 15) is 18.8 Å². The first-order valence-electron chi connectivity index (χ1n) is 8.64. The normalized spacial score (nSPS) is 11.4. The number of nitrogens with one attached hydrogen (secondary N) is 2. The number of benzene rings is 2. The molecule has 4 N–H and O–H groups in total. The Labute approximate surface area is 162 Å². The van der Waals surface area contributed by atoms with Gasteiger partial charge in [0.25, 0.3) is 5.91 Å². The van der Waals surface area contributed by atoms with Crippen LogP contribution in [-0.4, -0.2) is 30.9 Å². The molecule has 0 saturated heterocycles. The van der Waals surface area contributed by atoms with Crippen LogP contribution >= 0.6 is 0 Å². The molecule has 0 aliphatic heterocycles. The lowest BCUT2D eigenvalue weighted by molar-refractivity contribution is -0.123. The second-order valence-corrected chi connectivity index (χ2v) is 6.10. The molecular weight excluding hydrogens is 365 g/mol. The van der Waals surface area contributed by atoms with Gasteiger partial charge in [-0.1, -0.05) is 12.1 Å². The molecule has 3 amide bonds. The highest BCUT2D eigenvalue weighted by Gasteiger charge is 2.22. The van der Waals surface area contributed by atoms with Crippen LogP contribution in [0.15, 0.2) is 48.5 Å². The van der Waals surface area contributed by atoms with Gasteiger partial charge in [0.15, 0.2) is 0 Å². The van der Waals surface area contributed by atoms with Gasteiger partial charge in [-0.3, -0.25) is 14.4 Å². The van der Waals surface area contributed by atoms with E-state index in [1.54, 1.807) is 31.4 Å². The van der Waals surface area contributed by atoms with E-state index < -0.39 is 29.6 Å². The third-order valence-corrected chi connectivity index (χ3v) is 4.03. The van der Waals surface area contributed by atoms with Crippen molar-refractivity contribution in [1.29, 1.82) is 0 Å². The van der Waals surface area contributed by atoms with Crippen molar-refractivity contribution < 1.29 is 23.5 Å². The molecule has 2 aromatic rings. The summed E-state index contributed by atoms with van der Waals surface area (Å²) in [6.45, 7) is 0.238. The molecule has 0 aromatic heterocycles. The van der Waals surface area contributed by atoms with Gasteiger partial charge in [0.2, 0.25) is 11.8 Å². The van der Waals surface area contributed by atoms with Gasteiger partial charge >= 0.3 is 0 Å². The number of primary amides is 1. The van der Waals surface area contributed by atoms with Crippen molar-refractivity contribution in [3.05, 3.63) is 65.5 Å². The van der Waals surface area contributed by atoms with Crippen molar-refractivity contribution in [2.75, 3.05) is 7.11 Å². The lowest BCUT2D eigenvalue weighted by Crippen LogP contribution is -2.47. The van der Waals surface area contributed by atoms with Crippen LogP contribution < -0.4 is 21.1 Å². The Hall–Kier alpha value is -3.42. The standard InChI is InChI=1S/C20H22FN3O4/c1-28-16-8-2-13(3-9-16)12-23-20(27)17(10-11-18(22)25)24-19(26)14-4-6-15(21)7-5-14/h2-9,17H,10-12H2,1H3,(H2,22,25)(H,23,27)(H,24,26). The quantitative estimate of drug-likeness (QED) is 0.606. The van der Waals surface area contributed by atoms with Crippen molar-refractivity contribution >= 4 is 17.7 Å². The summed E-state index contributed by atoms with van der Waals surface area (Å²) in [7, 11) is 1.56. The van der Waals surface area contributed by atoms with Crippen molar-refractivity contribution in [3.8, 4) is 5.75 Å². The second kappa shape index (κ2) is 10.1. The van der Waals surface area contributed by atoms with Crippen LogP contribution in [0.1, 0.15) is 28.8 Å². The number of rotatable bonds is 9. The van der Waals surface area contributed by atoms with Gasteiger partial charge in [-0.05, 0) is 48.4 Å². The summed E-state index contributed by atoms with van der Waals surface area (Å²) >= 11 is 0. The zero-order chi connectivity index (χ0) is 20.5. The van der Waals surface area contributed by atoms with Crippen LogP contribution in [0.2, 0.25) is 0 Å². The molecule has 8 heteroatoms. The summed E-state index contributed by atoms with van der Waals surface area (Å²) in [6, 6.07) is 11.1. The number of methoxy groups -OCH3 is 1. The second-order valence-electron chi connectivity index (χ2n) is 6.10. The maximum atomic E-state index is 13.0. The average molecular weight is 387 g/mol. The SMILES string of the molecule is COc1ccc(CNC(=O)C(CCC(N)=O)NC(=O)c2ccc(F)cc2)cc1. The minimum absolute atomic E-state index is 0.0523. The van der Waals surface area contributed by atoms with E-state index in [0.29, 0.717) is 5.75 Å². The summed E-state index contributed by atoms with van der Waals surface area (Å²) in [5.41, 5.74) is 6.20. The third-order valence-electron chi connectivity index (χ3n) is 4.03. The molecular formula is C20H22FN3O4. The molecule has 2 aromatic carbocycles. The smallest absolute Gasteiger partial charge is 0.251 e. The fourth-order valence-electron chi connectivity index (χ4n) is 2.45. The number of carbonyl (C=O) groups is 3. The first kappa shape index (κ1) is 20.9. The summed E-state index contributed by atoms with van der Waals surface area (Å²) in [5.74, 6) is -1.36. The average Bonchev–Trinajstić information content (AvgIpc) is 2.69. The number of amides is 3. The molecule has 148 valence electrons. The Morgan fingerprint density at radius 1 is 1.07 bits per heavy atom. The number of hydrogen-bond acceptors (Lipinski definition) is 4. The van der Waals surface area contributed by atoms with Crippen LogP contribution in [0.5, 0.6) is 5.75 Å². The maximum absolute atomic E-state index is 13.0. The zero-order valence-electron chi connectivity index (χ0n) is 15.4. The molecule has 7 nitrogen and oxygen atoms in total. The van der Waals surface area contributed by atoms with E-state index in [1.807, 2.05) is 0 Å². The fourth-order valence-corrected chi connectivity index (χ4v) is 2.45. The summed E-state index contributed by atoms with van der Waals surface area (Å²) < 4.78 is 18.1. The lowest BCUT2D eigenvalue weighted by atomic mass is 10.1. The Morgan fingerprint density at radius 3 is 2.29 bits per heavy atom. The van der Waals surface area contributed by atoms with Crippen LogP contribution in [0.25, 0.3) is 0 Å². The summed E-state index contributed by atoms with van der Waals surface area (Å²) in [5, 5.41) is 5.28. The largest absolute Gasteiger partial charge is 0.497 e. The van der Waals surface area contributed by atoms with Crippen LogP contribution in [0.4, 0.5) is 4.39 Å². The molecule has 1 unspecified atom stereocenters. The topological polar surface area (TPSA) is 111 Å². The fraction of sp³-hybridized carbons (Fsp3) is 0.250. The monoisotopic (exact) mass is 387 g/mol. The molecule has 0 spiro atoms. The molecule has 0 radical (unpaired) electrons. The van der Waals surface area contributed by atoms with E-state index >= 15 is 0 Å². The van der Waals surface area contributed by atoms with Gasteiger partial charge < -0.3 is 21.1 Å². The van der Waals surface area contributed by atoms with E-state index in [2.05, 4.69) is 10.6 Å².